The zero-order valence-corrected chi connectivity index (χ0v) is 15.4. The molecule has 0 bridgehead atoms. The maximum Gasteiger partial charge on any atom is 0.410 e. The van der Waals surface area contributed by atoms with E-state index in [1.165, 1.54) is 0 Å². The highest BCUT2D eigenvalue weighted by molar-refractivity contribution is 6.33. The summed E-state index contributed by atoms with van der Waals surface area (Å²) in [7, 11) is 0. The van der Waals surface area contributed by atoms with Gasteiger partial charge >= 0.3 is 6.09 Å². The fourth-order valence-electron chi connectivity index (χ4n) is 2.53. The van der Waals surface area contributed by atoms with E-state index in [0.29, 0.717) is 35.7 Å². The maximum absolute atomic E-state index is 12.0. The largest absolute Gasteiger partial charge is 0.444 e. The Kier molecular flexibility index (Phi) is 6.18. The summed E-state index contributed by atoms with van der Waals surface area (Å²) in [4.78, 5) is 13.8. The fraction of sp³-hybridized carbons (Fsp3) is 0.588. The first-order valence-electron chi connectivity index (χ1n) is 7.90. The second-order valence-electron chi connectivity index (χ2n) is 6.86. The molecule has 1 aliphatic rings. The van der Waals surface area contributed by atoms with Crippen LogP contribution in [0.3, 0.4) is 0 Å². The number of ether oxygens (including phenoxy) is 1. The average molecular weight is 359 g/mol. The molecule has 0 atom stereocenters. The zero-order chi connectivity index (χ0) is 17.0. The molecule has 1 aliphatic heterocycles. The van der Waals surface area contributed by atoms with Crippen LogP contribution in [0.4, 0.5) is 4.79 Å². The van der Waals surface area contributed by atoms with E-state index in [2.05, 4.69) is 5.32 Å². The minimum Gasteiger partial charge on any atom is -0.444 e. The van der Waals surface area contributed by atoms with Crippen LogP contribution in [-0.2, 0) is 11.3 Å². The normalized spacial score (nSPS) is 16.5. The molecule has 1 heterocycles. The third kappa shape index (κ3) is 5.87. The van der Waals surface area contributed by atoms with Gasteiger partial charge in [0.15, 0.2) is 0 Å². The van der Waals surface area contributed by atoms with Crippen molar-refractivity contribution in [1.82, 2.24) is 10.2 Å². The molecule has 0 saturated carbocycles. The van der Waals surface area contributed by atoms with Crippen molar-refractivity contribution < 1.29 is 9.53 Å². The first-order valence-corrected chi connectivity index (χ1v) is 8.65. The highest BCUT2D eigenvalue weighted by Gasteiger charge is 2.26. The van der Waals surface area contributed by atoms with Crippen molar-refractivity contribution in [1.29, 1.82) is 0 Å². The van der Waals surface area contributed by atoms with Crippen LogP contribution in [-0.4, -0.2) is 35.7 Å². The lowest BCUT2D eigenvalue weighted by Gasteiger charge is -2.33. The molecule has 1 fully saturated rings. The number of carbonyl (C=O) groups excluding carboxylic acids is 1. The van der Waals surface area contributed by atoms with E-state index in [9.17, 15) is 4.79 Å². The molecule has 128 valence electrons. The van der Waals surface area contributed by atoms with E-state index in [4.69, 9.17) is 27.9 Å². The minimum absolute atomic E-state index is 0.228. The van der Waals surface area contributed by atoms with Crippen LogP contribution in [0, 0.1) is 0 Å². The van der Waals surface area contributed by atoms with Crippen LogP contribution in [0.2, 0.25) is 10.0 Å². The topological polar surface area (TPSA) is 41.6 Å². The molecule has 1 aromatic carbocycles. The molecule has 0 radical (unpaired) electrons. The Morgan fingerprint density at radius 1 is 1.30 bits per heavy atom. The maximum atomic E-state index is 12.0. The molecule has 0 aromatic heterocycles. The van der Waals surface area contributed by atoms with E-state index in [1.807, 2.05) is 32.9 Å². The third-order valence-corrected chi connectivity index (χ3v) is 4.34. The van der Waals surface area contributed by atoms with Gasteiger partial charge in [0.25, 0.3) is 0 Å². The summed E-state index contributed by atoms with van der Waals surface area (Å²) in [5.41, 5.74) is 0.545. The molecule has 1 amide bonds. The Morgan fingerprint density at radius 3 is 2.57 bits per heavy atom. The van der Waals surface area contributed by atoms with Crippen molar-refractivity contribution in [3.8, 4) is 0 Å². The molecular weight excluding hydrogens is 335 g/mol. The number of nitrogens with one attached hydrogen (secondary N) is 1. The number of halogens is 2. The molecule has 1 aromatic rings. The van der Waals surface area contributed by atoms with Crippen molar-refractivity contribution in [2.24, 2.45) is 0 Å². The number of rotatable bonds is 3. The fourth-order valence-corrected chi connectivity index (χ4v) is 2.90. The second kappa shape index (κ2) is 7.73. The summed E-state index contributed by atoms with van der Waals surface area (Å²) in [5, 5.41) is 4.89. The van der Waals surface area contributed by atoms with Crippen molar-refractivity contribution in [3.63, 3.8) is 0 Å². The van der Waals surface area contributed by atoms with Crippen molar-refractivity contribution in [2.45, 2.75) is 51.8 Å². The van der Waals surface area contributed by atoms with Gasteiger partial charge in [-0.2, -0.15) is 0 Å². The Morgan fingerprint density at radius 2 is 1.96 bits per heavy atom. The lowest BCUT2D eigenvalue weighted by atomic mass is 10.0. The van der Waals surface area contributed by atoms with Gasteiger partial charge in [0.1, 0.15) is 5.60 Å². The number of likely N-dealkylation sites (tertiary alicyclic amines) is 1. The number of piperidine rings is 1. The molecule has 2 rings (SSSR count). The molecule has 4 nitrogen and oxygen atoms in total. The average Bonchev–Trinajstić information content (AvgIpc) is 2.47. The number of hydrogen-bond acceptors (Lipinski definition) is 3. The zero-order valence-electron chi connectivity index (χ0n) is 13.9. The molecule has 0 unspecified atom stereocenters. The molecule has 1 saturated heterocycles. The number of amides is 1. The van der Waals surface area contributed by atoms with E-state index in [1.54, 1.807) is 11.0 Å². The Bertz CT molecular complexity index is 550. The molecular formula is C17H24Cl2N2O2. The van der Waals surface area contributed by atoms with Gasteiger partial charge in [-0.05, 0) is 57.4 Å². The van der Waals surface area contributed by atoms with Gasteiger partial charge in [-0.3, -0.25) is 0 Å². The van der Waals surface area contributed by atoms with Crippen LogP contribution >= 0.6 is 23.2 Å². The summed E-state index contributed by atoms with van der Waals surface area (Å²) in [5.74, 6) is 0. The lowest BCUT2D eigenvalue weighted by molar-refractivity contribution is 0.0198. The van der Waals surface area contributed by atoms with Gasteiger partial charge in [-0.15, -0.1) is 0 Å². The summed E-state index contributed by atoms with van der Waals surface area (Å²) >= 11 is 12.2. The van der Waals surface area contributed by atoms with Crippen LogP contribution in [0.1, 0.15) is 39.2 Å². The summed E-state index contributed by atoms with van der Waals surface area (Å²) < 4.78 is 5.41. The van der Waals surface area contributed by atoms with E-state index >= 15 is 0 Å². The SMILES string of the molecule is CC(C)(C)OC(=O)N1CCC(NCc2cc(Cl)ccc2Cl)CC1. The quantitative estimate of drug-likeness (QED) is 0.865. The first kappa shape index (κ1) is 18.4. The molecule has 23 heavy (non-hydrogen) atoms. The van der Waals surface area contributed by atoms with Gasteiger partial charge in [0.05, 0.1) is 0 Å². The van der Waals surface area contributed by atoms with Gasteiger partial charge in [0, 0.05) is 35.7 Å². The van der Waals surface area contributed by atoms with Crippen molar-refractivity contribution >= 4 is 29.3 Å². The smallest absolute Gasteiger partial charge is 0.410 e. The highest BCUT2D eigenvalue weighted by atomic mass is 35.5. The lowest BCUT2D eigenvalue weighted by Crippen LogP contribution is -2.46. The summed E-state index contributed by atoms with van der Waals surface area (Å²) in [6.07, 6.45) is 1.57. The van der Waals surface area contributed by atoms with E-state index in [-0.39, 0.29) is 6.09 Å². The summed E-state index contributed by atoms with van der Waals surface area (Å²) in [6, 6.07) is 5.84. The standard InChI is InChI=1S/C17H24Cl2N2O2/c1-17(2,3)23-16(22)21-8-6-14(7-9-21)20-11-12-10-13(18)4-5-15(12)19/h4-5,10,14,20H,6-9,11H2,1-3H3. The van der Waals surface area contributed by atoms with Crippen molar-refractivity contribution in [2.75, 3.05) is 13.1 Å². The molecule has 1 N–H and O–H groups in total. The number of benzene rings is 1. The predicted molar refractivity (Wildman–Crippen MR) is 94.1 cm³/mol. The Labute approximate surface area is 148 Å². The van der Waals surface area contributed by atoms with E-state index in [0.717, 1.165) is 18.4 Å². The van der Waals surface area contributed by atoms with Gasteiger partial charge in [-0.1, -0.05) is 23.2 Å². The van der Waals surface area contributed by atoms with E-state index < -0.39 is 5.60 Å². The van der Waals surface area contributed by atoms with Gasteiger partial charge < -0.3 is 15.0 Å². The molecule has 0 spiro atoms. The number of hydrogen-bond donors (Lipinski definition) is 1. The molecule has 0 aliphatic carbocycles. The van der Waals surface area contributed by atoms with Crippen LogP contribution in [0.15, 0.2) is 18.2 Å². The Balaban J connectivity index is 1.79. The molecule has 6 heteroatoms. The highest BCUT2D eigenvalue weighted by Crippen LogP contribution is 2.21. The minimum atomic E-state index is -0.449. The Hall–Kier alpha value is -0.970. The monoisotopic (exact) mass is 358 g/mol. The van der Waals surface area contributed by atoms with Crippen molar-refractivity contribution in [3.05, 3.63) is 33.8 Å². The van der Waals surface area contributed by atoms with Gasteiger partial charge in [-0.25, -0.2) is 4.79 Å². The predicted octanol–water partition coefficient (Wildman–Crippen LogP) is 4.48. The van der Waals surface area contributed by atoms with Crippen LogP contribution in [0.25, 0.3) is 0 Å². The number of nitrogens with zero attached hydrogens (tertiary/aromatic N) is 1. The van der Waals surface area contributed by atoms with Crippen LogP contribution < -0.4 is 5.32 Å². The third-order valence-electron chi connectivity index (χ3n) is 3.74. The van der Waals surface area contributed by atoms with Gasteiger partial charge in [0.2, 0.25) is 0 Å². The van der Waals surface area contributed by atoms with Crippen LogP contribution in [0.5, 0.6) is 0 Å². The number of carbonyl (C=O) groups is 1. The second-order valence-corrected chi connectivity index (χ2v) is 7.70. The summed E-state index contributed by atoms with van der Waals surface area (Å²) in [6.45, 7) is 7.73. The first-order chi connectivity index (χ1) is 10.7.